The first kappa shape index (κ1) is 10.0. The molecule has 0 aromatic heterocycles. The number of ether oxygens (including phenoxy) is 1. The number of hydrogen-bond acceptors (Lipinski definition) is 3. The van der Waals surface area contributed by atoms with Crippen molar-refractivity contribution < 1.29 is 9.53 Å². The molecule has 3 nitrogen and oxygen atoms in total. The molecule has 1 N–H and O–H groups in total. The van der Waals surface area contributed by atoms with Crippen molar-refractivity contribution in [3.8, 4) is 0 Å². The fraction of sp³-hybridized carbons (Fsp3) is 0.417. The molecular formula is C12H15NO2. The normalized spacial score (nSPS) is 13.3. The molecule has 1 heterocycles. The molecule has 0 unspecified atom stereocenters. The van der Waals surface area contributed by atoms with Gasteiger partial charge in [-0.1, -0.05) is 6.07 Å². The average molecular weight is 205 g/mol. The molecule has 15 heavy (non-hydrogen) atoms. The number of nitrogens with one attached hydrogen (secondary N) is 1. The minimum absolute atomic E-state index is 0.249. The maximum atomic E-state index is 11.6. The number of esters is 1. The molecule has 0 saturated heterocycles. The van der Waals surface area contributed by atoms with Crippen molar-refractivity contribution in [1.29, 1.82) is 0 Å². The zero-order valence-corrected chi connectivity index (χ0v) is 9.31. The summed E-state index contributed by atoms with van der Waals surface area (Å²) in [6.07, 6.45) is 1.04. The molecule has 80 valence electrons. The average Bonchev–Trinajstić information content (AvgIpc) is 2.65. The van der Waals surface area contributed by atoms with E-state index in [0.717, 1.165) is 29.8 Å². The highest BCUT2D eigenvalue weighted by atomic mass is 16.5. The minimum atomic E-state index is -0.249. The van der Waals surface area contributed by atoms with Gasteiger partial charge in [-0.3, -0.25) is 0 Å². The van der Waals surface area contributed by atoms with E-state index < -0.39 is 0 Å². The third-order valence-corrected chi connectivity index (χ3v) is 2.94. The van der Waals surface area contributed by atoms with Gasteiger partial charge in [0.2, 0.25) is 0 Å². The monoisotopic (exact) mass is 205 g/mol. The van der Waals surface area contributed by atoms with E-state index in [0.29, 0.717) is 5.56 Å². The first-order valence-corrected chi connectivity index (χ1v) is 5.10. The van der Waals surface area contributed by atoms with Crippen LogP contribution in [0, 0.1) is 13.8 Å². The number of benzene rings is 1. The molecule has 0 amide bonds. The van der Waals surface area contributed by atoms with Gasteiger partial charge in [0.1, 0.15) is 0 Å². The lowest BCUT2D eigenvalue weighted by atomic mass is 9.97. The molecule has 0 saturated carbocycles. The minimum Gasteiger partial charge on any atom is -0.465 e. The Balaban J connectivity index is 2.61. The van der Waals surface area contributed by atoms with Crippen molar-refractivity contribution in [3.63, 3.8) is 0 Å². The third kappa shape index (κ3) is 1.48. The number of methoxy groups -OCH3 is 1. The molecule has 1 aromatic carbocycles. The Hall–Kier alpha value is -1.51. The summed E-state index contributed by atoms with van der Waals surface area (Å²) in [4.78, 5) is 11.6. The zero-order chi connectivity index (χ0) is 11.0. The van der Waals surface area contributed by atoms with Crippen LogP contribution in [0.3, 0.4) is 0 Å². The van der Waals surface area contributed by atoms with Crippen molar-refractivity contribution in [2.45, 2.75) is 20.3 Å². The Morgan fingerprint density at radius 2 is 2.20 bits per heavy atom. The number of aryl methyl sites for hydroxylation is 1. The number of carbonyl (C=O) groups is 1. The van der Waals surface area contributed by atoms with Gasteiger partial charge in [0.05, 0.1) is 12.7 Å². The van der Waals surface area contributed by atoms with Crippen LogP contribution >= 0.6 is 0 Å². The molecule has 3 heteroatoms. The molecule has 1 aliphatic heterocycles. The van der Waals surface area contributed by atoms with Crippen LogP contribution in [0.4, 0.5) is 5.69 Å². The molecule has 1 aliphatic rings. The Kier molecular flexibility index (Phi) is 2.39. The summed E-state index contributed by atoms with van der Waals surface area (Å²) in [5, 5.41) is 3.31. The summed E-state index contributed by atoms with van der Waals surface area (Å²) < 4.78 is 4.79. The van der Waals surface area contributed by atoms with Crippen LogP contribution in [-0.2, 0) is 11.2 Å². The highest BCUT2D eigenvalue weighted by Crippen LogP contribution is 2.31. The van der Waals surface area contributed by atoms with Crippen LogP contribution in [0.5, 0.6) is 0 Å². The van der Waals surface area contributed by atoms with Crippen LogP contribution in [-0.4, -0.2) is 19.6 Å². The van der Waals surface area contributed by atoms with E-state index in [1.807, 2.05) is 13.8 Å². The van der Waals surface area contributed by atoms with E-state index in [9.17, 15) is 4.79 Å². The fourth-order valence-electron chi connectivity index (χ4n) is 2.25. The van der Waals surface area contributed by atoms with Gasteiger partial charge in [-0.25, -0.2) is 4.79 Å². The third-order valence-electron chi connectivity index (χ3n) is 2.94. The Labute approximate surface area is 89.4 Å². The summed E-state index contributed by atoms with van der Waals surface area (Å²) >= 11 is 0. The Morgan fingerprint density at radius 1 is 1.47 bits per heavy atom. The molecule has 0 fully saturated rings. The maximum absolute atomic E-state index is 11.6. The van der Waals surface area contributed by atoms with Gasteiger partial charge in [0.25, 0.3) is 0 Å². The van der Waals surface area contributed by atoms with Crippen molar-refractivity contribution in [3.05, 3.63) is 28.3 Å². The van der Waals surface area contributed by atoms with E-state index in [-0.39, 0.29) is 5.97 Å². The summed E-state index contributed by atoms with van der Waals surface area (Å²) in [6, 6.07) is 2.08. The Morgan fingerprint density at radius 3 is 2.87 bits per heavy atom. The van der Waals surface area contributed by atoms with E-state index in [2.05, 4.69) is 11.4 Å². The highest BCUT2D eigenvalue weighted by Gasteiger charge is 2.21. The van der Waals surface area contributed by atoms with Gasteiger partial charge in [0.15, 0.2) is 0 Å². The SMILES string of the molecule is COC(=O)c1c(C)cc2c(c1C)NCC2. The molecule has 0 spiro atoms. The standard InChI is InChI=1S/C12H15NO2/c1-7-6-9-4-5-13-11(9)8(2)10(7)12(14)15-3/h6,13H,4-5H2,1-3H3. The van der Waals surface area contributed by atoms with Gasteiger partial charge in [-0.2, -0.15) is 0 Å². The zero-order valence-electron chi connectivity index (χ0n) is 9.31. The molecule has 1 aromatic rings. The van der Waals surface area contributed by atoms with Crippen LogP contribution in [0.2, 0.25) is 0 Å². The number of carbonyl (C=O) groups excluding carboxylic acids is 1. The summed E-state index contributed by atoms with van der Waals surface area (Å²) in [7, 11) is 1.42. The predicted molar refractivity (Wildman–Crippen MR) is 59.4 cm³/mol. The van der Waals surface area contributed by atoms with E-state index >= 15 is 0 Å². The summed E-state index contributed by atoms with van der Waals surface area (Å²) in [6.45, 7) is 4.88. The predicted octanol–water partition coefficient (Wildman–Crippen LogP) is 2.06. The number of anilines is 1. The van der Waals surface area contributed by atoms with Crippen LogP contribution < -0.4 is 5.32 Å². The number of fused-ring (bicyclic) bond motifs is 1. The van der Waals surface area contributed by atoms with E-state index in [4.69, 9.17) is 4.74 Å². The summed E-state index contributed by atoms with van der Waals surface area (Å²) in [5.74, 6) is -0.249. The molecular weight excluding hydrogens is 190 g/mol. The first-order chi connectivity index (χ1) is 7.15. The second-order valence-electron chi connectivity index (χ2n) is 3.90. The second kappa shape index (κ2) is 3.57. The maximum Gasteiger partial charge on any atom is 0.338 e. The molecule has 0 bridgehead atoms. The van der Waals surface area contributed by atoms with Crippen molar-refractivity contribution in [2.75, 3.05) is 19.0 Å². The fourth-order valence-corrected chi connectivity index (χ4v) is 2.25. The van der Waals surface area contributed by atoms with E-state index in [1.165, 1.54) is 12.7 Å². The Bertz CT molecular complexity index is 424. The molecule has 2 rings (SSSR count). The molecule has 0 aliphatic carbocycles. The summed E-state index contributed by atoms with van der Waals surface area (Å²) in [5.41, 5.74) is 5.13. The van der Waals surface area contributed by atoms with Crippen LogP contribution in [0.1, 0.15) is 27.0 Å². The lowest BCUT2D eigenvalue weighted by molar-refractivity contribution is 0.0599. The second-order valence-corrected chi connectivity index (χ2v) is 3.90. The molecule has 0 atom stereocenters. The lowest BCUT2D eigenvalue weighted by Gasteiger charge is -2.12. The van der Waals surface area contributed by atoms with Gasteiger partial charge < -0.3 is 10.1 Å². The van der Waals surface area contributed by atoms with Crippen molar-refractivity contribution in [1.82, 2.24) is 0 Å². The number of rotatable bonds is 1. The van der Waals surface area contributed by atoms with Crippen LogP contribution in [0.25, 0.3) is 0 Å². The topological polar surface area (TPSA) is 38.3 Å². The van der Waals surface area contributed by atoms with Crippen molar-refractivity contribution >= 4 is 11.7 Å². The smallest absolute Gasteiger partial charge is 0.338 e. The van der Waals surface area contributed by atoms with Gasteiger partial charge in [0, 0.05) is 12.2 Å². The van der Waals surface area contributed by atoms with Crippen LogP contribution in [0.15, 0.2) is 6.07 Å². The number of hydrogen-bond donors (Lipinski definition) is 1. The van der Waals surface area contributed by atoms with E-state index in [1.54, 1.807) is 0 Å². The largest absolute Gasteiger partial charge is 0.465 e. The van der Waals surface area contributed by atoms with Gasteiger partial charge in [-0.05, 0) is 37.0 Å². The van der Waals surface area contributed by atoms with Gasteiger partial charge >= 0.3 is 5.97 Å². The first-order valence-electron chi connectivity index (χ1n) is 5.10. The highest BCUT2D eigenvalue weighted by molar-refractivity contribution is 5.95. The lowest BCUT2D eigenvalue weighted by Crippen LogP contribution is -2.08. The van der Waals surface area contributed by atoms with Crippen molar-refractivity contribution in [2.24, 2.45) is 0 Å². The molecule has 0 radical (unpaired) electrons. The van der Waals surface area contributed by atoms with Gasteiger partial charge in [-0.15, -0.1) is 0 Å². The quantitative estimate of drug-likeness (QED) is 0.713.